The summed E-state index contributed by atoms with van der Waals surface area (Å²) >= 11 is 0. The van der Waals surface area contributed by atoms with Gasteiger partial charge in [-0.15, -0.1) is 0 Å². The summed E-state index contributed by atoms with van der Waals surface area (Å²) in [6.45, 7) is 27.1. The average molecular weight is 414 g/mol. The van der Waals surface area contributed by atoms with Crippen LogP contribution in [0.1, 0.15) is 105 Å². The number of rotatable bonds is 0. The van der Waals surface area contributed by atoms with E-state index < -0.39 is 0 Å². The molecule has 2 rings (SSSR count). The van der Waals surface area contributed by atoms with E-state index in [4.69, 9.17) is 0 Å². The third-order valence-corrected chi connectivity index (χ3v) is 4.97. The Kier molecular flexibility index (Phi) is 8.44. The normalized spacial score (nSPS) is 12.9. The van der Waals surface area contributed by atoms with Gasteiger partial charge in [0.15, 0.2) is 0 Å². The zero-order valence-corrected chi connectivity index (χ0v) is 20.8. The van der Waals surface area contributed by atoms with Gasteiger partial charge in [-0.25, -0.2) is 12.1 Å². The van der Waals surface area contributed by atoms with Gasteiger partial charge in [-0.05, 0) is 0 Å². The van der Waals surface area contributed by atoms with E-state index in [0.29, 0.717) is 0 Å². The van der Waals surface area contributed by atoms with Crippen LogP contribution in [0.4, 0.5) is 0 Å². The maximum atomic E-state index is 2.33. The van der Waals surface area contributed by atoms with Gasteiger partial charge in [0.1, 0.15) is 0 Å². The van der Waals surface area contributed by atoms with Crippen LogP contribution in [-0.2, 0) is 38.4 Å². The molecule has 0 amide bonds. The summed E-state index contributed by atoms with van der Waals surface area (Å²) in [5.41, 5.74) is 6.89. The summed E-state index contributed by atoms with van der Waals surface area (Å²) in [6.07, 6.45) is 0. The van der Waals surface area contributed by atoms with Crippen molar-refractivity contribution in [1.82, 2.24) is 0 Å². The van der Waals surface area contributed by atoms with Gasteiger partial charge in [0.05, 0.1) is 0 Å². The molecule has 157 valence electrons. The Labute approximate surface area is 180 Å². The van der Waals surface area contributed by atoms with Crippen molar-refractivity contribution in [2.24, 2.45) is 0 Å². The molecular formula is C26H42Co-2. The minimum Gasteiger partial charge on any atom is -0.210 e. The molecule has 2 aromatic carbocycles. The van der Waals surface area contributed by atoms with Crippen LogP contribution in [0.15, 0.2) is 36.4 Å². The zero-order valence-electron chi connectivity index (χ0n) is 19.8. The summed E-state index contributed by atoms with van der Waals surface area (Å²) in [5, 5.41) is 0. The van der Waals surface area contributed by atoms with E-state index in [1.807, 2.05) is 0 Å². The zero-order chi connectivity index (χ0) is 20.6. The molecule has 0 atom stereocenters. The van der Waals surface area contributed by atoms with Gasteiger partial charge in [0.25, 0.3) is 0 Å². The topological polar surface area (TPSA) is 0 Å². The first-order chi connectivity index (χ1) is 11.4. The third-order valence-electron chi connectivity index (χ3n) is 4.97. The second-order valence-corrected chi connectivity index (χ2v) is 11.8. The monoisotopic (exact) mass is 413 g/mol. The molecule has 0 saturated heterocycles. The maximum absolute atomic E-state index is 2.33. The van der Waals surface area contributed by atoms with Crippen LogP contribution in [0, 0.1) is 0 Å². The van der Waals surface area contributed by atoms with E-state index in [9.17, 15) is 0 Å². The van der Waals surface area contributed by atoms with Crippen molar-refractivity contribution in [1.29, 1.82) is 0 Å². The van der Waals surface area contributed by atoms with Gasteiger partial charge in [-0.3, -0.25) is 0 Å². The van der Waals surface area contributed by atoms with Crippen molar-refractivity contribution < 1.29 is 16.8 Å². The van der Waals surface area contributed by atoms with E-state index in [2.05, 4.69) is 119 Å². The Morgan fingerprint density at radius 2 is 0.778 bits per heavy atom. The van der Waals surface area contributed by atoms with Crippen LogP contribution in [0.2, 0.25) is 0 Å². The molecule has 0 fully saturated rings. The largest absolute Gasteiger partial charge is 0.210 e. The van der Waals surface area contributed by atoms with Crippen molar-refractivity contribution >= 4 is 0 Å². The minimum atomic E-state index is 0. The van der Waals surface area contributed by atoms with Gasteiger partial charge in [0, 0.05) is 16.8 Å². The van der Waals surface area contributed by atoms with E-state index in [1.54, 1.807) is 0 Å². The Morgan fingerprint density at radius 3 is 0.889 bits per heavy atom. The molecule has 0 spiro atoms. The third kappa shape index (κ3) is 7.99. The van der Waals surface area contributed by atoms with E-state index in [0.717, 1.165) is 0 Å². The molecule has 1 radical (unpaired) electrons. The van der Waals surface area contributed by atoms with Crippen LogP contribution in [0.3, 0.4) is 0 Å². The molecule has 0 aliphatic rings. The predicted octanol–water partition coefficient (Wildman–Crippen LogP) is 8.00. The molecule has 0 aliphatic heterocycles. The summed E-state index contributed by atoms with van der Waals surface area (Å²) in [7, 11) is 0. The number of hydrogen-bond donors (Lipinski definition) is 0. The first-order valence-electron chi connectivity index (χ1n) is 9.98. The molecule has 2 aromatic rings. The second kappa shape index (κ2) is 8.70. The summed E-state index contributed by atoms with van der Waals surface area (Å²) in [6, 6.07) is 13.7. The Morgan fingerprint density at radius 1 is 0.519 bits per heavy atom. The molecule has 0 N–H and O–H groups in total. The minimum absolute atomic E-state index is 0. The van der Waals surface area contributed by atoms with Crippen LogP contribution < -0.4 is 0 Å². The van der Waals surface area contributed by atoms with E-state index in [1.165, 1.54) is 22.3 Å². The smallest absolute Gasteiger partial charge is 0 e. The molecule has 0 aliphatic carbocycles. The van der Waals surface area contributed by atoms with Crippen molar-refractivity contribution in [3.05, 3.63) is 58.7 Å². The SMILES string of the molecule is CC(C)(C)c1cc[c-](C(C)(C)C)c1.CC(C)(C)c1cc[c-](C(C)(C)C)c1.[Co]. The Balaban J connectivity index is 0.000000483. The fourth-order valence-electron chi connectivity index (χ4n) is 2.75. The molecule has 27 heavy (non-hydrogen) atoms. The molecule has 0 saturated carbocycles. The first kappa shape index (κ1) is 26.2. The summed E-state index contributed by atoms with van der Waals surface area (Å²) < 4.78 is 0. The molecule has 0 bridgehead atoms. The predicted molar refractivity (Wildman–Crippen MR) is 119 cm³/mol. The fraction of sp³-hybridized carbons (Fsp3) is 0.615. The summed E-state index contributed by atoms with van der Waals surface area (Å²) in [4.78, 5) is 0. The van der Waals surface area contributed by atoms with E-state index in [-0.39, 0.29) is 38.4 Å². The molecule has 0 nitrogen and oxygen atoms in total. The second-order valence-electron chi connectivity index (χ2n) is 11.8. The van der Waals surface area contributed by atoms with Crippen molar-refractivity contribution in [2.75, 3.05) is 0 Å². The summed E-state index contributed by atoms with van der Waals surface area (Å²) in [5.74, 6) is 0. The standard InChI is InChI=1S/2C13H21.Co/c2*1-12(2,3)10-7-8-11(9-10)13(4,5)6;/h2*7-9H,1-6H3;/q2*-1;. The molecule has 0 heterocycles. The maximum Gasteiger partial charge on any atom is 0 e. The molecule has 0 unspecified atom stereocenters. The fourth-order valence-corrected chi connectivity index (χ4v) is 2.75. The van der Waals surface area contributed by atoms with Crippen molar-refractivity contribution in [2.45, 2.75) is 105 Å². The molecular weight excluding hydrogens is 371 g/mol. The Bertz CT molecular complexity index is 563. The van der Waals surface area contributed by atoms with Crippen molar-refractivity contribution in [3.8, 4) is 0 Å². The quantitative estimate of drug-likeness (QED) is 0.384. The van der Waals surface area contributed by atoms with Crippen LogP contribution in [-0.4, -0.2) is 0 Å². The molecule has 0 aromatic heterocycles. The average Bonchev–Trinajstić information content (AvgIpc) is 3.06. The van der Waals surface area contributed by atoms with Gasteiger partial charge in [-0.1, -0.05) is 105 Å². The van der Waals surface area contributed by atoms with Crippen LogP contribution in [0.5, 0.6) is 0 Å². The Hall–Kier alpha value is -0.794. The van der Waals surface area contributed by atoms with E-state index >= 15 is 0 Å². The van der Waals surface area contributed by atoms with Crippen molar-refractivity contribution in [3.63, 3.8) is 0 Å². The van der Waals surface area contributed by atoms with Crippen LogP contribution >= 0.6 is 0 Å². The van der Waals surface area contributed by atoms with Gasteiger partial charge in [-0.2, -0.15) is 46.5 Å². The van der Waals surface area contributed by atoms with Gasteiger partial charge >= 0.3 is 0 Å². The molecule has 1 heteroatoms. The van der Waals surface area contributed by atoms with Crippen LogP contribution in [0.25, 0.3) is 0 Å². The van der Waals surface area contributed by atoms with Gasteiger partial charge < -0.3 is 0 Å². The first-order valence-corrected chi connectivity index (χ1v) is 9.98. The number of hydrogen-bond acceptors (Lipinski definition) is 0. The van der Waals surface area contributed by atoms with Gasteiger partial charge in [0.2, 0.25) is 0 Å².